The Labute approximate surface area is 205 Å². The normalized spacial score (nSPS) is 14.0. The molecule has 0 saturated carbocycles. The fourth-order valence-electron chi connectivity index (χ4n) is 2.86. The van der Waals surface area contributed by atoms with E-state index in [4.69, 9.17) is 15.9 Å². The number of aliphatic carboxylic acids is 3. The molecule has 0 fully saturated rings. The molecule has 3 amide bonds. The van der Waals surface area contributed by atoms with Gasteiger partial charge in [0.25, 0.3) is 0 Å². The molecule has 0 spiro atoms. The third-order valence-electron chi connectivity index (χ3n) is 4.73. The molecule has 0 aliphatic heterocycles. The zero-order chi connectivity index (χ0) is 26.5. The second-order valence-corrected chi connectivity index (χ2v) is 7.90. The Balaban J connectivity index is 2.99. The molecule has 13 nitrogen and oxygen atoms in total. The van der Waals surface area contributed by atoms with Crippen LogP contribution in [0.5, 0.6) is 0 Å². The summed E-state index contributed by atoms with van der Waals surface area (Å²) in [6.07, 6.45) is -1.46. The number of carbonyl (C=O) groups excluding carboxylic acids is 3. The molecule has 4 unspecified atom stereocenters. The van der Waals surface area contributed by atoms with Gasteiger partial charge in [0.1, 0.15) is 18.1 Å². The van der Waals surface area contributed by atoms with Gasteiger partial charge >= 0.3 is 17.9 Å². The first kappa shape index (κ1) is 29.4. The molecule has 1 rings (SSSR count). The predicted octanol–water partition coefficient (Wildman–Crippen LogP) is -1.64. The molecule has 0 bridgehead atoms. The van der Waals surface area contributed by atoms with Crippen LogP contribution in [0.25, 0.3) is 0 Å². The maximum Gasteiger partial charge on any atom is 0.326 e. The number of thiol groups is 1. The van der Waals surface area contributed by atoms with Crippen molar-refractivity contribution < 1.29 is 44.1 Å². The highest BCUT2D eigenvalue weighted by molar-refractivity contribution is 7.80. The van der Waals surface area contributed by atoms with Crippen LogP contribution in [0.3, 0.4) is 0 Å². The number of rotatable bonds is 15. The molecule has 35 heavy (non-hydrogen) atoms. The molecule has 4 atom stereocenters. The molecule has 8 N–H and O–H groups in total. The van der Waals surface area contributed by atoms with Crippen molar-refractivity contribution in [3.63, 3.8) is 0 Å². The van der Waals surface area contributed by atoms with Crippen LogP contribution in [0.4, 0.5) is 0 Å². The number of nitrogens with two attached hydrogens (primary N) is 1. The van der Waals surface area contributed by atoms with Crippen LogP contribution in [0.2, 0.25) is 0 Å². The van der Waals surface area contributed by atoms with Gasteiger partial charge in [-0.15, -0.1) is 0 Å². The predicted molar refractivity (Wildman–Crippen MR) is 125 cm³/mol. The topological polar surface area (TPSA) is 225 Å². The first-order valence-corrected chi connectivity index (χ1v) is 11.1. The zero-order valence-electron chi connectivity index (χ0n) is 18.5. The monoisotopic (exact) mass is 512 g/mol. The van der Waals surface area contributed by atoms with E-state index in [1.54, 1.807) is 30.3 Å². The Morgan fingerprint density at radius 1 is 0.800 bits per heavy atom. The largest absolute Gasteiger partial charge is 0.481 e. The minimum atomic E-state index is -1.73. The lowest BCUT2D eigenvalue weighted by molar-refractivity contribution is -0.147. The van der Waals surface area contributed by atoms with E-state index in [9.17, 15) is 33.9 Å². The Morgan fingerprint density at radius 3 is 1.86 bits per heavy atom. The molecule has 1 aromatic rings. The van der Waals surface area contributed by atoms with Crippen LogP contribution in [0, 0.1) is 0 Å². The number of amides is 3. The minimum absolute atomic E-state index is 0.0663. The Hall–Kier alpha value is -3.65. The van der Waals surface area contributed by atoms with E-state index in [0.717, 1.165) is 0 Å². The van der Waals surface area contributed by atoms with Crippen LogP contribution in [-0.2, 0) is 35.2 Å². The smallest absolute Gasteiger partial charge is 0.326 e. The molecular formula is C21H28N4O9S. The molecule has 0 aromatic heterocycles. The van der Waals surface area contributed by atoms with Crippen LogP contribution in [-0.4, -0.2) is 80.9 Å². The van der Waals surface area contributed by atoms with Crippen LogP contribution < -0.4 is 21.7 Å². The summed E-state index contributed by atoms with van der Waals surface area (Å²) < 4.78 is 0. The number of hydrogen-bond acceptors (Lipinski definition) is 8. The second-order valence-electron chi connectivity index (χ2n) is 7.53. The summed E-state index contributed by atoms with van der Waals surface area (Å²) >= 11 is 4.02. The molecule has 14 heteroatoms. The van der Waals surface area contributed by atoms with Gasteiger partial charge in [-0.05, 0) is 12.0 Å². The van der Waals surface area contributed by atoms with E-state index in [1.165, 1.54) is 0 Å². The van der Waals surface area contributed by atoms with Gasteiger partial charge in [-0.25, -0.2) is 4.79 Å². The molecule has 0 aliphatic rings. The zero-order valence-corrected chi connectivity index (χ0v) is 19.4. The Kier molecular flexibility index (Phi) is 12.2. The summed E-state index contributed by atoms with van der Waals surface area (Å²) in [5.74, 6) is -6.93. The Morgan fingerprint density at radius 2 is 1.34 bits per heavy atom. The van der Waals surface area contributed by atoms with Gasteiger partial charge in [0, 0.05) is 18.6 Å². The van der Waals surface area contributed by atoms with Crippen LogP contribution in [0.1, 0.15) is 24.8 Å². The van der Waals surface area contributed by atoms with E-state index in [0.29, 0.717) is 5.56 Å². The van der Waals surface area contributed by atoms with E-state index in [2.05, 4.69) is 28.6 Å². The van der Waals surface area contributed by atoms with Gasteiger partial charge in [0.05, 0.1) is 12.5 Å². The average molecular weight is 513 g/mol. The highest BCUT2D eigenvalue weighted by Crippen LogP contribution is 2.06. The van der Waals surface area contributed by atoms with Gasteiger partial charge in [-0.2, -0.15) is 12.6 Å². The van der Waals surface area contributed by atoms with Crippen molar-refractivity contribution in [3.8, 4) is 0 Å². The van der Waals surface area contributed by atoms with Crippen molar-refractivity contribution in [2.24, 2.45) is 5.73 Å². The van der Waals surface area contributed by atoms with Crippen molar-refractivity contribution in [2.45, 2.75) is 49.9 Å². The van der Waals surface area contributed by atoms with Crippen molar-refractivity contribution in [2.75, 3.05) is 5.75 Å². The van der Waals surface area contributed by atoms with Crippen molar-refractivity contribution in [1.29, 1.82) is 0 Å². The lowest BCUT2D eigenvalue weighted by Gasteiger charge is -2.24. The standard InChI is InChI=1S/C21H28N4O9S/c22-12(6-7-16(26)27)18(30)25-15(10-35)20(32)23-13(8-11-4-2-1-3-5-11)19(31)24-14(21(33)34)9-17(28)29/h1-5,12-15,35H,6-10,22H2,(H,23,32)(H,24,31)(H,25,30)(H,26,27)(H,28,29)(H,33,34). The van der Waals surface area contributed by atoms with Crippen molar-refractivity contribution in [3.05, 3.63) is 35.9 Å². The Bertz CT molecular complexity index is 929. The van der Waals surface area contributed by atoms with E-state index >= 15 is 0 Å². The summed E-state index contributed by atoms with van der Waals surface area (Å²) in [5, 5.41) is 33.7. The van der Waals surface area contributed by atoms with Gasteiger partial charge < -0.3 is 37.0 Å². The van der Waals surface area contributed by atoms with Gasteiger partial charge in [0.2, 0.25) is 17.7 Å². The number of benzene rings is 1. The summed E-state index contributed by atoms with van der Waals surface area (Å²) in [4.78, 5) is 70.7. The average Bonchev–Trinajstić information content (AvgIpc) is 2.79. The molecule has 1 aromatic carbocycles. The maximum atomic E-state index is 12.8. The lowest BCUT2D eigenvalue weighted by atomic mass is 10.0. The van der Waals surface area contributed by atoms with Gasteiger partial charge in [-0.1, -0.05) is 30.3 Å². The SMILES string of the molecule is NC(CCC(=O)O)C(=O)NC(CS)C(=O)NC(Cc1ccccc1)C(=O)NC(CC(=O)O)C(=O)O. The van der Waals surface area contributed by atoms with Crippen molar-refractivity contribution >= 4 is 48.3 Å². The van der Waals surface area contributed by atoms with E-state index < -0.39 is 66.2 Å². The lowest BCUT2D eigenvalue weighted by Crippen LogP contribution is -2.58. The summed E-state index contributed by atoms with van der Waals surface area (Å²) in [6, 6.07) is 2.93. The van der Waals surface area contributed by atoms with Gasteiger partial charge in [-0.3, -0.25) is 24.0 Å². The number of carbonyl (C=O) groups is 6. The molecule has 0 aliphatic carbocycles. The molecular weight excluding hydrogens is 484 g/mol. The summed E-state index contributed by atoms with van der Waals surface area (Å²) in [7, 11) is 0. The molecule has 192 valence electrons. The van der Waals surface area contributed by atoms with Crippen LogP contribution in [0.15, 0.2) is 30.3 Å². The minimum Gasteiger partial charge on any atom is -0.481 e. The molecule has 0 heterocycles. The number of hydrogen-bond donors (Lipinski definition) is 8. The fraction of sp³-hybridized carbons (Fsp3) is 0.429. The first-order valence-electron chi connectivity index (χ1n) is 10.4. The number of carboxylic acid groups (broad SMARTS) is 3. The highest BCUT2D eigenvalue weighted by atomic mass is 32.1. The van der Waals surface area contributed by atoms with Gasteiger partial charge in [0.15, 0.2) is 0 Å². The quantitative estimate of drug-likeness (QED) is 0.125. The van der Waals surface area contributed by atoms with E-state index in [1.807, 2.05) is 0 Å². The highest BCUT2D eigenvalue weighted by Gasteiger charge is 2.31. The maximum absolute atomic E-state index is 12.8. The second kappa shape index (κ2) is 14.6. The summed E-state index contributed by atoms with van der Waals surface area (Å²) in [5.41, 5.74) is 6.25. The van der Waals surface area contributed by atoms with Crippen LogP contribution >= 0.6 is 12.6 Å². The van der Waals surface area contributed by atoms with Crippen molar-refractivity contribution in [1.82, 2.24) is 16.0 Å². The van der Waals surface area contributed by atoms with E-state index in [-0.39, 0.29) is 25.0 Å². The first-order chi connectivity index (χ1) is 16.4. The third kappa shape index (κ3) is 10.9. The fourth-order valence-corrected chi connectivity index (χ4v) is 3.12. The number of carboxylic acids is 3. The summed E-state index contributed by atoms with van der Waals surface area (Å²) in [6.45, 7) is 0. The number of nitrogens with one attached hydrogen (secondary N) is 3. The third-order valence-corrected chi connectivity index (χ3v) is 5.10. The molecule has 0 radical (unpaired) electrons. The molecule has 0 saturated heterocycles.